The zero-order valence-corrected chi connectivity index (χ0v) is 12.2. The Labute approximate surface area is 118 Å². The number of fused-ring (bicyclic) bond motifs is 1. The van der Waals surface area contributed by atoms with Gasteiger partial charge in [0.15, 0.2) is 0 Å². The number of aromatic nitrogens is 1. The van der Waals surface area contributed by atoms with Gasteiger partial charge in [0.2, 0.25) is 0 Å². The van der Waals surface area contributed by atoms with Crippen LogP contribution in [0.4, 0.5) is 5.82 Å². The lowest BCUT2D eigenvalue weighted by molar-refractivity contribution is 0.415. The smallest absolute Gasteiger partial charge is 0.134 e. The fourth-order valence-electron chi connectivity index (χ4n) is 1.85. The highest BCUT2D eigenvalue weighted by atomic mass is 35.5. The maximum atomic E-state index is 6.26. The van der Waals surface area contributed by atoms with Crippen molar-refractivity contribution in [1.29, 1.82) is 0 Å². The van der Waals surface area contributed by atoms with Gasteiger partial charge in [0.05, 0.1) is 12.5 Å². The molecule has 1 heterocycles. The van der Waals surface area contributed by atoms with Crippen molar-refractivity contribution < 1.29 is 4.74 Å². The average molecular weight is 279 g/mol. The van der Waals surface area contributed by atoms with Crippen molar-refractivity contribution in [1.82, 2.24) is 4.98 Å². The van der Waals surface area contributed by atoms with E-state index in [2.05, 4.69) is 24.1 Å². The topological polar surface area (TPSA) is 34.1 Å². The molecule has 0 spiro atoms. The molecule has 0 aliphatic carbocycles. The van der Waals surface area contributed by atoms with E-state index in [-0.39, 0.29) is 5.38 Å². The predicted octanol–water partition coefficient (Wildman–Crippen LogP) is 3.92. The van der Waals surface area contributed by atoms with Gasteiger partial charge in [-0.3, -0.25) is 0 Å². The standard InChI is InChI=1S/C15H19ClN2O/c1-10(2)14(16)9-18-15-13-8-12(19-3)5-4-11(13)6-7-17-15/h4-8,10,14H,9H2,1-3H3,(H,17,18). The Hall–Kier alpha value is -1.48. The van der Waals surface area contributed by atoms with E-state index in [1.165, 1.54) is 0 Å². The number of halogens is 1. The van der Waals surface area contributed by atoms with E-state index in [9.17, 15) is 0 Å². The van der Waals surface area contributed by atoms with Gasteiger partial charge in [0.1, 0.15) is 11.6 Å². The van der Waals surface area contributed by atoms with Crippen molar-refractivity contribution in [2.45, 2.75) is 19.2 Å². The highest BCUT2D eigenvalue weighted by Crippen LogP contribution is 2.26. The van der Waals surface area contributed by atoms with Crippen LogP contribution in [0.2, 0.25) is 0 Å². The first kappa shape index (κ1) is 13.9. The van der Waals surface area contributed by atoms with Crippen molar-refractivity contribution in [3.8, 4) is 5.75 Å². The van der Waals surface area contributed by atoms with Crippen LogP contribution in [-0.2, 0) is 0 Å². The second kappa shape index (κ2) is 6.11. The van der Waals surface area contributed by atoms with E-state index >= 15 is 0 Å². The number of hydrogen-bond donors (Lipinski definition) is 1. The van der Waals surface area contributed by atoms with Gasteiger partial charge in [0, 0.05) is 18.1 Å². The fraction of sp³-hybridized carbons (Fsp3) is 0.400. The van der Waals surface area contributed by atoms with E-state index in [0.29, 0.717) is 12.5 Å². The van der Waals surface area contributed by atoms with Gasteiger partial charge in [0.25, 0.3) is 0 Å². The first-order valence-electron chi connectivity index (χ1n) is 6.42. The van der Waals surface area contributed by atoms with Gasteiger partial charge in [-0.1, -0.05) is 19.9 Å². The molecule has 1 N–H and O–H groups in total. The van der Waals surface area contributed by atoms with Crippen LogP contribution in [0, 0.1) is 5.92 Å². The average Bonchev–Trinajstić information content (AvgIpc) is 2.43. The maximum Gasteiger partial charge on any atom is 0.134 e. The molecular formula is C15H19ClN2O. The minimum absolute atomic E-state index is 0.0858. The quantitative estimate of drug-likeness (QED) is 0.842. The summed E-state index contributed by atoms with van der Waals surface area (Å²) in [5, 5.41) is 5.59. The number of nitrogens with zero attached hydrogens (tertiary/aromatic N) is 1. The molecule has 0 saturated carbocycles. The Bertz CT molecular complexity index is 557. The molecule has 0 fully saturated rings. The molecule has 3 nitrogen and oxygen atoms in total. The summed E-state index contributed by atoms with van der Waals surface area (Å²) < 4.78 is 5.26. The normalized spacial score (nSPS) is 12.7. The van der Waals surface area contributed by atoms with E-state index in [4.69, 9.17) is 16.3 Å². The van der Waals surface area contributed by atoms with Crippen molar-refractivity contribution in [3.63, 3.8) is 0 Å². The third-order valence-corrected chi connectivity index (χ3v) is 3.82. The molecule has 0 saturated heterocycles. The fourth-order valence-corrected chi connectivity index (χ4v) is 1.92. The molecule has 1 atom stereocenters. The van der Waals surface area contributed by atoms with Crippen LogP contribution < -0.4 is 10.1 Å². The molecule has 1 unspecified atom stereocenters. The van der Waals surface area contributed by atoms with E-state index in [1.54, 1.807) is 13.3 Å². The highest BCUT2D eigenvalue weighted by Gasteiger charge is 2.10. The number of benzene rings is 1. The predicted molar refractivity (Wildman–Crippen MR) is 81.3 cm³/mol. The molecule has 2 aromatic rings. The number of rotatable bonds is 5. The molecule has 0 radical (unpaired) electrons. The van der Waals surface area contributed by atoms with Crippen LogP contribution in [0.3, 0.4) is 0 Å². The molecule has 19 heavy (non-hydrogen) atoms. The van der Waals surface area contributed by atoms with Gasteiger partial charge in [-0.25, -0.2) is 4.98 Å². The number of alkyl halides is 1. The Morgan fingerprint density at radius 3 is 2.79 bits per heavy atom. The highest BCUT2D eigenvalue weighted by molar-refractivity contribution is 6.21. The Kier molecular flexibility index (Phi) is 4.48. The first-order chi connectivity index (χ1) is 9.11. The van der Waals surface area contributed by atoms with Gasteiger partial charge in [-0.05, 0) is 29.5 Å². The van der Waals surface area contributed by atoms with Crippen LogP contribution in [0.5, 0.6) is 5.75 Å². The Balaban J connectivity index is 2.27. The zero-order valence-electron chi connectivity index (χ0n) is 11.5. The Morgan fingerprint density at radius 1 is 1.32 bits per heavy atom. The number of nitrogens with one attached hydrogen (secondary N) is 1. The molecule has 0 aliphatic rings. The van der Waals surface area contributed by atoms with Crippen molar-refractivity contribution in [3.05, 3.63) is 30.5 Å². The van der Waals surface area contributed by atoms with Gasteiger partial charge in [-0.15, -0.1) is 11.6 Å². The molecule has 1 aromatic carbocycles. The summed E-state index contributed by atoms with van der Waals surface area (Å²) in [7, 11) is 1.66. The molecular weight excluding hydrogens is 260 g/mol. The first-order valence-corrected chi connectivity index (χ1v) is 6.86. The molecule has 102 valence electrons. The van der Waals surface area contributed by atoms with Gasteiger partial charge >= 0.3 is 0 Å². The molecule has 0 bridgehead atoms. The van der Waals surface area contributed by atoms with Crippen LogP contribution in [0.25, 0.3) is 10.8 Å². The third-order valence-electron chi connectivity index (χ3n) is 3.16. The Morgan fingerprint density at radius 2 is 2.11 bits per heavy atom. The lowest BCUT2D eigenvalue weighted by atomic mass is 10.1. The summed E-state index contributed by atoms with van der Waals surface area (Å²) in [5.74, 6) is 2.11. The number of methoxy groups -OCH3 is 1. The minimum Gasteiger partial charge on any atom is -0.497 e. The van der Waals surface area contributed by atoms with E-state index in [0.717, 1.165) is 22.3 Å². The number of hydrogen-bond acceptors (Lipinski definition) is 3. The molecule has 2 rings (SSSR count). The second-order valence-corrected chi connectivity index (χ2v) is 5.45. The van der Waals surface area contributed by atoms with Crippen LogP contribution in [-0.4, -0.2) is 24.0 Å². The number of pyridine rings is 1. The monoisotopic (exact) mass is 278 g/mol. The van der Waals surface area contributed by atoms with Crippen molar-refractivity contribution in [2.75, 3.05) is 19.0 Å². The van der Waals surface area contributed by atoms with E-state index in [1.807, 2.05) is 24.3 Å². The van der Waals surface area contributed by atoms with Gasteiger partial charge in [-0.2, -0.15) is 0 Å². The van der Waals surface area contributed by atoms with Crippen LogP contribution in [0.15, 0.2) is 30.5 Å². The maximum absolute atomic E-state index is 6.26. The zero-order chi connectivity index (χ0) is 13.8. The lowest BCUT2D eigenvalue weighted by Gasteiger charge is -2.15. The molecule has 4 heteroatoms. The minimum atomic E-state index is 0.0858. The van der Waals surface area contributed by atoms with Crippen molar-refractivity contribution >= 4 is 28.2 Å². The summed E-state index contributed by atoms with van der Waals surface area (Å²) in [4.78, 5) is 4.39. The van der Waals surface area contributed by atoms with E-state index < -0.39 is 0 Å². The SMILES string of the molecule is COc1ccc2ccnc(NCC(Cl)C(C)C)c2c1. The largest absolute Gasteiger partial charge is 0.497 e. The van der Waals surface area contributed by atoms with Crippen molar-refractivity contribution in [2.24, 2.45) is 5.92 Å². The summed E-state index contributed by atoms with van der Waals surface area (Å²) in [6, 6.07) is 7.95. The summed E-state index contributed by atoms with van der Waals surface area (Å²) in [5.41, 5.74) is 0. The lowest BCUT2D eigenvalue weighted by Crippen LogP contribution is -2.20. The van der Waals surface area contributed by atoms with Crippen LogP contribution >= 0.6 is 11.6 Å². The molecule has 0 amide bonds. The number of ether oxygens (including phenoxy) is 1. The summed E-state index contributed by atoms with van der Waals surface area (Å²) >= 11 is 6.26. The molecule has 1 aromatic heterocycles. The summed E-state index contributed by atoms with van der Waals surface area (Å²) in [6.45, 7) is 4.92. The molecule has 0 aliphatic heterocycles. The third kappa shape index (κ3) is 3.29. The number of anilines is 1. The second-order valence-electron chi connectivity index (χ2n) is 4.89. The van der Waals surface area contributed by atoms with Crippen LogP contribution in [0.1, 0.15) is 13.8 Å². The summed E-state index contributed by atoms with van der Waals surface area (Å²) in [6.07, 6.45) is 1.80. The van der Waals surface area contributed by atoms with Gasteiger partial charge < -0.3 is 10.1 Å².